The highest BCUT2D eigenvalue weighted by atomic mass is 35.5. The summed E-state index contributed by atoms with van der Waals surface area (Å²) in [5.74, 6) is 0. The summed E-state index contributed by atoms with van der Waals surface area (Å²) in [6.07, 6.45) is 8.00. The fraction of sp³-hybridized carbons (Fsp3) is 0. The van der Waals surface area contributed by atoms with Crippen molar-refractivity contribution in [3.05, 3.63) is 103 Å². The molecule has 130 valence electrons. The topological polar surface area (TPSA) is 0 Å². The third-order valence-electron chi connectivity index (χ3n) is 3.81. The summed E-state index contributed by atoms with van der Waals surface area (Å²) >= 11 is 24.4. The molecule has 0 fully saturated rings. The van der Waals surface area contributed by atoms with Crippen LogP contribution in [0.2, 0.25) is 20.1 Å². The third kappa shape index (κ3) is 4.93. The zero-order valence-electron chi connectivity index (χ0n) is 13.6. The first-order chi connectivity index (χ1) is 12.5. The van der Waals surface area contributed by atoms with Gasteiger partial charge in [0.1, 0.15) is 0 Å². The molecule has 4 heteroatoms. The van der Waals surface area contributed by atoms with Crippen LogP contribution in [0.1, 0.15) is 22.3 Å². The minimum absolute atomic E-state index is 0.620. The van der Waals surface area contributed by atoms with Crippen molar-refractivity contribution in [1.82, 2.24) is 0 Å². The maximum absolute atomic E-state index is 6.23. The largest absolute Gasteiger partial charge is 0.0843 e. The molecule has 0 spiro atoms. The molecule has 0 N–H and O–H groups in total. The lowest BCUT2D eigenvalue weighted by Gasteiger charge is -2.03. The molecule has 0 aliphatic heterocycles. The molecule has 3 aromatic rings. The Hall–Kier alpha value is -1.70. The summed E-state index contributed by atoms with van der Waals surface area (Å²) in [7, 11) is 0. The van der Waals surface area contributed by atoms with Crippen LogP contribution in [0.5, 0.6) is 0 Å². The van der Waals surface area contributed by atoms with Crippen molar-refractivity contribution in [2.45, 2.75) is 0 Å². The fourth-order valence-electron chi connectivity index (χ4n) is 2.45. The van der Waals surface area contributed by atoms with E-state index >= 15 is 0 Å². The standard InChI is InChI=1S/C22H14Cl4/c23-19-11-9-17(21(25)13-19)7-5-15-3-1-2-4-16(15)6-8-18-10-12-20(24)14-22(18)26/h1-14H/b7-5+,8-6+. The van der Waals surface area contributed by atoms with Crippen molar-refractivity contribution in [2.75, 3.05) is 0 Å². The predicted octanol–water partition coefficient (Wildman–Crippen LogP) is 8.64. The Balaban J connectivity index is 1.88. The van der Waals surface area contributed by atoms with Crippen LogP contribution in [0.4, 0.5) is 0 Å². The first-order valence-electron chi connectivity index (χ1n) is 7.88. The summed E-state index contributed by atoms with van der Waals surface area (Å²) in [5, 5.41) is 2.48. The van der Waals surface area contributed by atoms with Crippen LogP contribution >= 0.6 is 46.4 Å². The van der Waals surface area contributed by atoms with E-state index in [0.717, 1.165) is 22.3 Å². The molecule has 0 saturated heterocycles. The Morgan fingerprint density at radius 3 is 1.23 bits per heavy atom. The van der Waals surface area contributed by atoms with Crippen LogP contribution in [0.3, 0.4) is 0 Å². The number of hydrogen-bond acceptors (Lipinski definition) is 0. The number of rotatable bonds is 4. The van der Waals surface area contributed by atoms with Gasteiger partial charge in [-0.3, -0.25) is 0 Å². The monoisotopic (exact) mass is 418 g/mol. The molecule has 0 saturated carbocycles. The number of benzene rings is 3. The molecule has 0 aliphatic rings. The quantitative estimate of drug-likeness (QED) is 0.371. The van der Waals surface area contributed by atoms with Crippen LogP contribution in [-0.2, 0) is 0 Å². The van der Waals surface area contributed by atoms with E-state index in [1.165, 1.54) is 0 Å². The van der Waals surface area contributed by atoms with E-state index in [0.29, 0.717) is 20.1 Å². The Labute approximate surface area is 173 Å². The Kier molecular flexibility index (Phi) is 6.45. The summed E-state index contributed by atoms with van der Waals surface area (Å²) in [6.45, 7) is 0. The lowest BCUT2D eigenvalue weighted by Crippen LogP contribution is -1.81. The van der Waals surface area contributed by atoms with Gasteiger partial charge in [-0.05, 0) is 46.5 Å². The summed E-state index contributed by atoms with van der Waals surface area (Å²) < 4.78 is 0. The molecule has 0 heterocycles. The van der Waals surface area contributed by atoms with E-state index in [1.54, 1.807) is 12.1 Å². The normalized spacial score (nSPS) is 11.5. The Morgan fingerprint density at radius 2 is 0.846 bits per heavy atom. The molecule has 0 bridgehead atoms. The molecule has 0 atom stereocenters. The Morgan fingerprint density at radius 1 is 0.462 bits per heavy atom. The average molecular weight is 420 g/mol. The van der Waals surface area contributed by atoms with Gasteiger partial charge in [0.2, 0.25) is 0 Å². The van der Waals surface area contributed by atoms with Crippen molar-refractivity contribution in [1.29, 1.82) is 0 Å². The van der Waals surface area contributed by atoms with Gasteiger partial charge in [-0.1, -0.05) is 107 Å². The maximum atomic E-state index is 6.23. The second-order valence-electron chi connectivity index (χ2n) is 5.63. The van der Waals surface area contributed by atoms with E-state index in [9.17, 15) is 0 Å². The van der Waals surface area contributed by atoms with Crippen LogP contribution in [0, 0.1) is 0 Å². The van der Waals surface area contributed by atoms with Crippen molar-refractivity contribution in [2.24, 2.45) is 0 Å². The molecule has 0 radical (unpaired) electrons. The van der Waals surface area contributed by atoms with E-state index in [4.69, 9.17) is 46.4 Å². The van der Waals surface area contributed by atoms with Gasteiger partial charge in [-0.25, -0.2) is 0 Å². The van der Waals surface area contributed by atoms with Crippen LogP contribution in [0.15, 0.2) is 60.7 Å². The van der Waals surface area contributed by atoms with Crippen molar-refractivity contribution < 1.29 is 0 Å². The highest BCUT2D eigenvalue weighted by Gasteiger charge is 2.01. The van der Waals surface area contributed by atoms with Crippen molar-refractivity contribution in [3.8, 4) is 0 Å². The predicted molar refractivity (Wildman–Crippen MR) is 117 cm³/mol. The van der Waals surface area contributed by atoms with Gasteiger partial charge in [0.25, 0.3) is 0 Å². The molecular formula is C22H14Cl4. The first-order valence-corrected chi connectivity index (χ1v) is 9.39. The van der Waals surface area contributed by atoms with E-state index in [2.05, 4.69) is 0 Å². The van der Waals surface area contributed by atoms with Gasteiger partial charge < -0.3 is 0 Å². The maximum Gasteiger partial charge on any atom is 0.0493 e. The smallest absolute Gasteiger partial charge is 0.0493 e. The highest BCUT2D eigenvalue weighted by molar-refractivity contribution is 6.36. The molecule has 0 aliphatic carbocycles. The molecule has 0 unspecified atom stereocenters. The van der Waals surface area contributed by atoms with Gasteiger partial charge in [-0.15, -0.1) is 0 Å². The summed E-state index contributed by atoms with van der Waals surface area (Å²) in [6, 6.07) is 19.0. The second kappa shape index (κ2) is 8.79. The molecular weight excluding hydrogens is 406 g/mol. The van der Waals surface area contributed by atoms with Gasteiger partial charge in [0.05, 0.1) is 0 Å². The molecule has 3 rings (SSSR count). The summed E-state index contributed by atoms with van der Waals surface area (Å²) in [5.41, 5.74) is 3.96. The van der Waals surface area contributed by atoms with E-state index in [-0.39, 0.29) is 0 Å². The first kappa shape index (κ1) is 19.1. The van der Waals surface area contributed by atoms with Crippen molar-refractivity contribution in [3.63, 3.8) is 0 Å². The van der Waals surface area contributed by atoms with Gasteiger partial charge >= 0.3 is 0 Å². The SMILES string of the molecule is Clc1ccc(/C=C/c2ccccc2/C=C/c2ccc(Cl)cc2Cl)c(Cl)c1. The van der Waals surface area contributed by atoms with Crippen LogP contribution < -0.4 is 0 Å². The van der Waals surface area contributed by atoms with Gasteiger partial charge in [0, 0.05) is 20.1 Å². The second-order valence-corrected chi connectivity index (χ2v) is 7.31. The lowest BCUT2D eigenvalue weighted by atomic mass is 10.0. The number of halogens is 4. The molecule has 26 heavy (non-hydrogen) atoms. The van der Waals surface area contributed by atoms with Crippen LogP contribution in [0.25, 0.3) is 24.3 Å². The Bertz CT molecular complexity index is 907. The molecule has 0 nitrogen and oxygen atoms in total. The minimum Gasteiger partial charge on any atom is -0.0843 e. The average Bonchev–Trinajstić information content (AvgIpc) is 2.61. The number of hydrogen-bond donors (Lipinski definition) is 0. The highest BCUT2D eigenvalue weighted by Crippen LogP contribution is 2.25. The van der Waals surface area contributed by atoms with Gasteiger partial charge in [-0.2, -0.15) is 0 Å². The van der Waals surface area contributed by atoms with E-state index in [1.807, 2.05) is 72.8 Å². The molecule has 0 aromatic heterocycles. The lowest BCUT2D eigenvalue weighted by molar-refractivity contribution is 1.60. The fourth-order valence-corrected chi connectivity index (χ4v) is 3.39. The zero-order chi connectivity index (χ0) is 18.5. The van der Waals surface area contributed by atoms with E-state index < -0.39 is 0 Å². The van der Waals surface area contributed by atoms with Gasteiger partial charge in [0.15, 0.2) is 0 Å². The third-order valence-corrected chi connectivity index (χ3v) is 4.93. The molecule has 3 aromatic carbocycles. The molecule has 0 amide bonds. The minimum atomic E-state index is 0.620. The van der Waals surface area contributed by atoms with Crippen LogP contribution in [-0.4, -0.2) is 0 Å². The summed E-state index contributed by atoms with van der Waals surface area (Å²) in [4.78, 5) is 0. The van der Waals surface area contributed by atoms with Crippen molar-refractivity contribution >= 4 is 70.7 Å². The zero-order valence-corrected chi connectivity index (χ0v) is 16.6.